The van der Waals surface area contributed by atoms with E-state index >= 15 is 0 Å². The highest BCUT2D eigenvalue weighted by Gasteiger charge is 2.16. The largest absolute Gasteiger partial charge is 0.630 e. The van der Waals surface area contributed by atoms with Crippen molar-refractivity contribution in [2.24, 2.45) is 5.92 Å². The van der Waals surface area contributed by atoms with Crippen molar-refractivity contribution in [3.63, 3.8) is 0 Å². The fourth-order valence-electron chi connectivity index (χ4n) is 2.93. The summed E-state index contributed by atoms with van der Waals surface area (Å²) in [4.78, 5) is 0. The molecule has 1 saturated carbocycles. The van der Waals surface area contributed by atoms with Crippen LogP contribution in [0.4, 0.5) is 11.4 Å². The molecule has 0 aliphatic heterocycles. The van der Waals surface area contributed by atoms with Crippen molar-refractivity contribution in [2.75, 3.05) is 5.73 Å². The first kappa shape index (κ1) is 13.1. The van der Waals surface area contributed by atoms with Crippen molar-refractivity contribution in [1.82, 2.24) is 9.78 Å². The summed E-state index contributed by atoms with van der Waals surface area (Å²) in [6.45, 7) is 0.996. The van der Waals surface area contributed by atoms with Gasteiger partial charge in [0.05, 0.1) is 11.9 Å². The van der Waals surface area contributed by atoms with Crippen LogP contribution in [0, 0.1) is 11.1 Å². The SMILES string of the molecule is Nc1ccc(-c2cnn(CC3CCCC3)c2)cc1[NH2+][O-]. The first-order valence-electron chi connectivity index (χ1n) is 7.14. The van der Waals surface area contributed by atoms with Crippen LogP contribution < -0.4 is 11.2 Å². The van der Waals surface area contributed by atoms with Crippen molar-refractivity contribution in [1.29, 1.82) is 0 Å². The molecule has 0 spiro atoms. The van der Waals surface area contributed by atoms with E-state index in [9.17, 15) is 5.21 Å². The molecule has 0 saturated heterocycles. The van der Waals surface area contributed by atoms with Crippen LogP contribution >= 0.6 is 0 Å². The van der Waals surface area contributed by atoms with E-state index in [1.807, 2.05) is 23.0 Å². The third-order valence-corrected chi connectivity index (χ3v) is 4.10. The van der Waals surface area contributed by atoms with Gasteiger partial charge >= 0.3 is 0 Å². The predicted octanol–water partition coefficient (Wildman–Crippen LogP) is 2.02. The maximum Gasteiger partial charge on any atom is 0.153 e. The average molecular weight is 272 g/mol. The molecule has 3 rings (SSSR count). The Morgan fingerprint density at radius 3 is 2.85 bits per heavy atom. The number of rotatable bonds is 4. The first-order chi connectivity index (χ1) is 9.76. The summed E-state index contributed by atoms with van der Waals surface area (Å²) >= 11 is 0. The molecule has 0 radical (unpaired) electrons. The van der Waals surface area contributed by atoms with Gasteiger partial charge in [-0.2, -0.15) is 5.10 Å². The number of hydrogen-bond donors (Lipinski definition) is 2. The van der Waals surface area contributed by atoms with E-state index in [0.29, 0.717) is 11.4 Å². The fourth-order valence-corrected chi connectivity index (χ4v) is 2.93. The van der Waals surface area contributed by atoms with Gasteiger partial charge in [0.2, 0.25) is 0 Å². The Morgan fingerprint density at radius 1 is 1.30 bits per heavy atom. The highest BCUT2D eigenvalue weighted by atomic mass is 16.5. The third-order valence-electron chi connectivity index (χ3n) is 4.10. The van der Waals surface area contributed by atoms with Gasteiger partial charge in [-0.25, -0.2) is 0 Å². The number of nitrogen functional groups attached to an aromatic ring is 1. The Bertz CT molecular complexity index is 587. The molecule has 106 valence electrons. The molecule has 20 heavy (non-hydrogen) atoms. The molecule has 0 bridgehead atoms. The average Bonchev–Trinajstić information content (AvgIpc) is 3.12. The Morgan fingerprint density at radius 2 is 2.10 bits per heavy atom. The number of quaternary nitrogens is 1. The summed E-state index contributed by atoms with van der Waals surface area (Å²) in [6, 6.07) is 5.52. The molecule has 1 aliphatic carbocycles. The third kappa shape index (κ3) is 2.69. The molecule has 1 aliphatic rings. The normalized spacial score (nSPS) is 15.8. The number of nitrogens with two attached hydrogens (primary N) is 2. The lowest BCUT2D eigenvalue weighted by molar-refractivity contribution is -0.496. The first-order valence-corrected chi connectivity index (χ1v) is 7.14. The lowest BCUT2D eigenvalue weighted by Gasteiger charge is -2.08. The Kier molecular flexibility index (Phi) is 3.71. The monoisotopic (exact) mass is 272 g/mol. The number of hydrogen-bond acceptors (Lipinski definition) is 3. The van der Waals surface area contributed by atoms with E-state index in [1.165, 1.54) is 25.7 Å². The lowest BCUT2D eigenvalue weighted by Crippen LogP contribution is -2.70. The van der Waals surface area contributed by atoms with E-state index in [2.05, 4.69) is 11.3 Å². The smallest absolute Gasteiger partial charge is 0.153 e. The zero-order valence-corrected chi connectivity index (χ0v) is 11.5. The van der Waals surface area contributed by atoms with E-state index in [0.717, 1.165) is 29.1 Å². The van der Waals surface area contributed by atoms with Gasteiger partial charge in [-0.15, -0.1) is 0 Å². The molecule has 0 unspecified atom stereocenters. The second kappa shape index (κ2) is 5.64. The quantitative estimate of drug-likeness (QED) is 0.659. The summed E-state index contributed by atoms with van der Waals surface area (Å²) in [7, 11) is 0. The minimum atomic E-state index is 0.516. The van der Waals surface area contributed by atoms with Crippen LogP contribution in [0.25, 0.3) is 11.1 Å². The van der Waals surface area contributed by atoms with Gasteiger partial charge in [0.15, 0.2) is 5.69 Å². The fraction of sp³-hybridized carbons (Fsp3) is 0.400. The van der Waals surface area contributed by atoms with Crippen molar-refractivity contribution in [3.8, 4) is 11.1 Å². The van der Waals surface area contributed by atoms with Crippen molar-refractivity contribution in [3.05, 3.63) is 35.8 Å². The Hall–Kier alpha value is -1.85. The van der Waals surface area contributed by atoms with Gasteiger partial charge < -0.3 is 16.4 Å². The van der Waals surface area contributed by atoms with Crippen LogP contribution in [-0.4, -0.2) is 9.78 Å². The molecule has 1 aromatic carbocycles. The molecule has 1 aromatic heterocycles. The van der Waals surface area contributed by atoms with Crippen molar-refractivity contribution >= 4 is 11.4 Å². The van der Waals surface area contributed by atoms with Crippen molar-refractivity contribution in [2.45, 2.75) is 32.2 Å². The molecule has 5 nitrogen and oxygen atoms in total. The highest BCUT2D eigenvalue weighted by molar-refractivity contribution is 5.71. The molecular formula is C15H20N4O. The Labute approximate surface area is 118 Å². The molecule has 1 heterocycles. The summed E-state index contributed by atoms with van der Waals surface area (Å²) in [5, 5.41) is 15.4. The molecule has 1 fully saturated rings. The molecule has 2 aromatic rings. The molecule has 5 heteroatoms. The number of aromatic nitrogens is 2. The zero-order chi connectivity index (χ0) is 13.9. The van der Waals surface area contributed by atoms with Crippen LogP contribution in [0.2, 0.25) is 0 Å². The van der Waals surface area contributed by atoms with Gasteiger partial charge in [0, 0.05) is 24.4 Å². The van der Waals surface area contributed by atoms with Gasteiger partial charge in [-0.3, -0.25) is 4.68 Å². The van der Waals surface area contributed by atoms with Gasteiger partial charge in [-0.1, -0.05) is 18.9 Å². The standard InChI is InChI=1S/C15H20N4O/c16-14-6-5-12(7-15(14)18-20)13-8-17-19(10-13)9-11-3-1-2-4-11/h5-8,10-11H,1-4,9,16,18H2. The molecule has 4 N–H and O–H groups in total. The van der Waals surface area contributed by atoms with E-state index < -0.39 is 0 Å². The van der Waals surface area contributed by atoms with E-state index in [-0.39, 0.29) is 0 Å². The zero-order valence-electron chi connectivity index (χ0n) is 11.5. The van der Waals surface area contributed by atoms with Gasteiger partial charge in [0.1, 0.15) is 0 Å². The maximum atomic E-state index is 10.9. The highest BCUT2D eigenvalue weighted by Crippen LogP contribution is 2.28. The Balaban J connectivity index is 1.78. The van der Waals surface area contributed by atoms with Gasteiger partial charge in [0.25, 0.3) is 0 Å². The van der Waals surface area contributed by atoms with Crippen molar-refractivity contribution < 1.29 is 5.48 Å². The maximum absolute atomic E-state index is 10.9. The second-order valence-corrected chi connectivity index (χ2v) is 5.56. The summed E-state index contributed by atoms with van der Waals surface area (Å²) < 4.78 is 2.02. The predicted molar refractivity (Wildman–Crippen MR) is 79.0 cm³/mol. The van der Waals surface area contributed by atoms with Crippen LogP contribution in [-0.2, 0) is 6.54 Å². The van der Waals surface area contributed by atoms with Gasteiger partial charge in [-0.05, 0) is 30.4 Å². The summed E-state index contributed by atoms with van der Waals surface area (Å²) in [5.41, 5.74) is 9.60. The lowest BCUT2D eigenvalue weighted by atomic mass is 10.1. The van der Waals surface area contributed by atoms with Crippen LogP contribution in [0.5, 0.6) is 0 Å². The van der Waals surface area contributed by atoms with Crippen LogP contribution in [0.3, 0.4) is 0 Å². The number of benzene rings is 1. The van der Waals surface area contributed by atoms with E-state index in [1.54, 1.807) is 6.07 Å². The summed E-state index contributed by atoms with van der Waals surface area (Å²) in [6.07, 6.45) is 9.23. The number of nitrogens with zero attached hydrogens (tertiary/aromatic N) is 2. The molecule has 0 amide bonds. The topological polar surface area (TPSA) is 83.5 Å². The second-order valence-electron chi connectivity index (χ2n) is 5.56. The summed E-state index contributed by atoms with van der Waals surface area (Å²) in [5.74, 6) is 0.764. The molecule has 0 atom stereocenters. The van der Waals surface area contributed by atoms with E-state index in [4.69, 9.17) is 5.73 Å². The van der Waals surface area contributed by atoms with Crippen LogP contribution in [0.1, 0.15) is 25.7 Å². The number of anilines is 1. The van der Waals surface area contributed by atoms with Crippen LogP contribution in [0.15, 0.2) is 30.6 Å². The molecular weight excluding hydrogens is 252 g/mol. The minimum Gasteiger partial charge on any atom is -0.630 e. The minimum absolute atomic E-state index is 0.516.